The van der Waals surface area contributed by atoms with E-state index in [0.717, 1.165) is 32.4 Å². The van der Waals surface area contributed by atoms with Crippen molar-refractivity contribution in [1.82, 2.24) is 10.2 Å². The van der Waals surface area contributed by atoms with Crippen LogP contribution in [-0.4, -0.2) is 41.8 Å². The number of amides is 1. The molecular weight excluding hydrogens is 288 g/mol. The first kappa shape index (κ1) is 20.3. The first-order valence-electron chi connectivity index (χ1n) is 9.27. The van der Waals surface area contributed by atoms with Crippen molar-refractivity contribution >= 4 is 6.09 Å². The first-order valence-corrected chi connectivity index (χ1v) is 9.27. The van der Waals surface area contributed by atoms with Crippen molar-refractivity contribution in [2.24, 2.45) is 5.41 Å². The van der Waals surface area contributed by atoms with E-state index in [4.69, 9.17) is 4.74 Å². The molecule has 1 heterocycles. The van der Waals surface area contributed by atoms with Crippen LogP contribution in [0.15, 0.2) is 0 Å². The summed E-state index contributed by atoms with van der Waals surface area (Å²) in [5.74, 6) is 0. The smallest absolute Gasteiger partial charge is 0.410 e. The normalized spacial score (nSPS) is 21.2. The zero-order chi connectivity index (χ0) is 17.7. The second-order valence-electron chi connectivity index (χ2n) is 8.86. The molecule has 1 N–H and O–H groups in total. The van der Waals surface area contributed by atoms with Gasteiger partial charge in [0.15, 0.2) is 0 Å². The Morgan fingerprint density at radius 3 is 2.48 bits per heavy atom. The molecule has 0 radical (unpaired) electrons. The highest BCUT2D eigenvalue weighted by Crippen LogP contribution is 2.24. The van der Waals surface area contributed by atoms with E-state index in [1.165, 1.54) is 12.8 Å². The number of hydrogen-bond donors (Lipinski definition) is 1. The van der Waals surface area contributed by atoms with Gasteiger partial charge < -0.3 is 15.0 Å². The van der Waals surface area contributed by atoms with Crippen LogP contribution in [0.4, 0.5) is 4.79 Å². The molecule has 23 heavy (non-hydrogen) atoms. The Morgan fingerprint density at radius 2 is 1.91 bits per heavy atom. The maximum atomic E-state index is 12.5. The fraction of sp³-hybridized carbons (Fsp3) is 0.947. The molecule has 4 heteroatoms. The zero-order valence-corrected chi connectivity index (χ0v) is 16.4. The van der Waals surface area contributed by atoms with Crippen molar-refractivity contribution in [2.45, 2.75) is 98.3 Å². The third kappa shape index (κ3) is 7.56. The Hall–Kier alpha value is -0.770. The van der Waals surface area contributed by atoms with Gasteiger partial charge in [0, 0.05) is 25.2 Å². The largest absolute Gasteiger partial charge is 0.444 e. The van der Waals surface area contributed by atoms with E-state index in [2.05, 4.69) is 33.0 Å². The lowest BCUT2D eigenvalue weighted by atomic mass is 9.89. The summed E-state index contributed by atoms with van der Waals surface area (Å²) in [5, 5.41) is 3.65. The summed E-state index contributed by atoms with van der Waals surface area (Å²) < 4.78 is 5.59. The average Bonchev–Trinajstić information content (AvgIpc) is 2.44. The van der Waals surface area contributed by atoms with Crippen LogP contribution < -0.4 is 5.32 Å². The van der Waals surface area contributed by atoms with Gasteiger partial charge in [0.05, 0.1) is 0 Å². The molecule has 2 unspecified atom stereocenters. The number of carbonyl (C=O) groups is 1. The van der Waals surface area contributed by atoms with E-state index in [-0.39, 0.29) is 6.09 Å². The number of hydrogen-bond acceptors (Lipinski definition) is 3. The standard InChI is InChI=1S/C19H38N2O2/c1-8-19(6,7)14-20-15(2)13-16-11-9-10-12-21(16)17(22)23-18(3,4)5/h15-16,20H,8-14H2,1-7H3. The molecule has 0 saturated carbocycles. The fourth-order valence-corrected chi connectivity index (χ4v) is 2.87. The third-order valence-corrected chi connectivity index (χ3v) is 4.77. The van der Waals surface area contributed by atoms with Crippen molar-refractivity contribution in [3.05, 3.63) is 0 Å². The summed E-state index contributed by atoms with van der Waals surface area (Å²) in [6.07, 6.45) is 5.39. The van der Waals surface area contributed by atoms with Gasteiger partial charge in [-0.05, 0) is 65.2 Å². The predicted octanol–water partition coefficient (Wildman–Crippen LogP) is 4.58. The molecule has 0 bridgehead atoms. The molecule has 0 aromatic rings. The Kier molecular flexibility index (Phi) is 7.37. The third-order valence-electron chi connectivity index (χ3n) is 4.77. The lowest BCUT2D eigenvalue weighted by molar-refractivity contribution is 0.00779. The van der Waals surface area contributed by atoms with Gasteiger partial charge in [-0.3, -0.25) is 0 Å². The van der Waals surface area contributed by atoms with E-state index >= 15 is 0 Å². The van der Waals surface area contributed by atoms with Crippen molar-refractivity contribution in [1.29, 1.82) is 0 Å². The van der Waals surface area contributed by atoms with Crippen LogP contribution >= 0.6 is 0 Å². The summed E-state index contributed by atoms with van der Waals surface area (Å²) in [6.45, 7) is 16.7. The average molecular weight is 327 g/mol. The fourth-order valence-electron chi connectivity index (χ4n) is 2.87. The van der Waals surface area contributed by atoms with Crippen LogP contribution in [0.5, 0.6) is 0 Å². The highest BCUT2D eigenvalue weighted by atomic mass is 16.6. The molecule has 1 aliphatic heterocycles. The highest BCUT2D eigenvalue weighted by molar-refractivity contribution is 5.68. The molecule has 1 saturated heterocycles. The zero-order valence-electron chi connectivity index (χ0n) is 16.4. The maximum absolute atomic E-state index is 12.5. The SMILES string of the molecule is CCC(C)(C)CNC(C)CC1CCCCN1C(=O)OC(C)(C)C. The van der Waals surface area contributed by atoms with Gasteiger partial charge in [-0.25, -0.2) is 4.79 Å². The van der Waals surface area contributed by atoms with Crippen molar-refractivity contribution in [3.8, 4) is 0 Å². The molecule has 2 atom stereocenters. The number of likely N-dealkylation sites (tertiary alicyclic amines) is 1. The second kappa shape index (κ2) is 8.36. The summed E-state index contributed by atoms with van der Waals surface area (Å²) in [7, 11) is 0. The quantitative estimate of drug-likeness (QED) is 0.777. The molecule has 4 nitrogen and oxygen atoms in total. The van der Waals surface area contributed by atoms with E-state index in [9.17, 15) is 4.79 Å². The highest BCUT2D eigenvalue weighted by Gasteiger charge is 2.31. The van der Waals surface area contributed by atoms with E-state index in [1.807, 2.05) is 25.7 Å². The van der Waals surface area contributed by atoms with Gasteiger partial charge in [0.25, 0.3) is 0 Å². The topological polar surface area (TPSA) is 41.6 Å². The van der Waals surface area contributed by atoms with Crippen LogP contribution in [0.1, 0.15) is 80.6 Å². The predicted molar refractivity (Wildman–Crippen MR) is 96.7 cm³/mol. The number of carbonyl (C=O) groups excluding carboxylic acids is 1. The summed E-state index contributed by atoms with van der Waals surface area (Å²) in [6, 6.07) is 0.708. The number of nitrogens with one attached hydrogen (secondary N) is 1. The monoisotopic (exact) mass is 326 g/mol. The first-order chi connectivity index (χ1) is 10.5. The van der Waals surface area contributed by atoms with Gasteiger partial charge in [0.2, 0.25) is 0 Å². The Morgan fingerprint density at radius 1 is 1.26 bits per heavy atom. The van der Waals surface area contributed by atoms with Crippen LogP contribution in [0, 0.1) is 5.41 Å². The molecule has 0 aliphatic carbocycles. The molecule has 0 aromatic carbocycles. The maximum Gasteiger partial charge on any atom is 0.410 e. The van der Waals surface area contributed by atoms with Gasteiger partial charge in [0.1, 0.15) is 5.60 Å². The van der Waals surface area contributed by atoms with Crippen molar-refractivity contribution in [2.75, 3.05) is 13.1 Å². The molecule has 136 valence electrons. The molecule has 1 fully saturated rings. The minimum absolute atomic E-state index is 0.150. The molecule has 1 amide bonds. The number of rotatable bonds is 6. The number of piperidine rings is 1. The molecule has 1 aliphatic rings. The van der Waals surface area contributed by atoms with E-state index < -0.39 is 5.60 Å². The molecule has 0 aromatic heterocycles. The van der Waals surface area contributed by atoms with Gasteiger partial charge in [-0.2, -0.15) is 0 Å². The summed E-state index contributed by atoms with van der Waals surface area (Å²) >= 11 is 0. The van der Waals surface area contributed by atoms with Gasteiger partial charge in [-0.15, -0.1) is 0 Å². The Balaban J connectivity index is 2.56. The van der Waals surface area contributed by atoms with Gasteiger partial charge >= 0.3 is 6.09 Å². The van der Waals surface area contributed by atoms with Crippen LogP contribution in [0.25, 0.3) is 0 Å². The number of ether oxygens (including phenoxy) is 1. The molecular formula is C19H38N2O2. The Bertz CT molecular complexity index is 374. The van der Waals surface area contributed by atoms with Crippen molar-refractivity contribution < 1.29 is 9.53 Å². The minimum atomic E-state index is -0.423. The summed E-state index contributed by atoms with van der Waals surface area (Å²) in [5.41, 5.74) is -0.0974. The summed E-state index contributed by atoms with van der Waals surface area (Å²) in [4.78, 5) is 14.4. The molecule has 1 rings (SSSR count). The van der Waals surface area contributed by atoms with E-state index in [1.54, 1.807) is 0 Å². The van der Waals surface area contributed by atoms with Gasteiger partial charge in [-0.1, -0.05) is 20.8 Å². The minimum Gasteiger partial charge on any atom is -0.444 e. The van der Waals surface area contributed by atoms with Crippen LogP contribution in [0.2, 0.25) is 0 Å². The lowest BCUT2D eigenvalue weighted by Gasteiger charge is -2.38. The second-order valence-corrected chi connectivity index (χ2v) is 8.86. The van der Waals surface area contributed by atoms with E-state index in [0.29, 0.717) is 17.5 Å². The Labute approximate surface area is 143 Å². The van der Waals surface area contributed by atoms with Crippen LogP contribution in [-0.2, 0) is 4.74 Å². The van der Waals surface area contributed by atoms with Crippen molar-refractivity contribution in [3.63, 3.8) is 0 Å². The molecule has 0 spiro atoms. The van der Waals surface area contributed by atoms with Crippen LogP contribution in [0.3, 0.4) is 0 Å². The number of nitrogens with zero attached hydrogens (tertiary/aromatic N) is 1. The lowest BCUT2D eigenvalue weighted by Crippen LogP contribution is -2.48.